The molecule has 1 aliphatic heterocycles. The summed E-state index contributed by atoms with van der Waals surface area (Å²) >= 11 is 0. The number of anilines is 2. The number of imide groups is 2. The van der Waals surface area contributed by atoms with Crippen LogP contribution in [0.2, 0.25) is 0 Å². The van der Waals surface area contributed by atoms with Crippen molar-refractivity contribution in [2.24, 2.45) is 0 Å². The molecule has 0 aromatic heterocycles. The number of hydrogen-bond donors (Lipinski definition) is 0. The van der Waals surface area contributed by atoms with Crippen molar-refractivity contribution in [2.75, 3.05) is 9.80 Å². The van der Waals surface area contributed by atoms with Crippen LogP contribution in [0, 0.1) is 6.92 Å². The average Bonchev–Trinajstić information content (AvgIpc) is 2.93. The zero-order chi connectivity index (χ0) is 27.6. The molecule has 0 bridgehead atoms. The molecular formula is C30H22N2O6S. The molecule has 4 aromatic rings. The highest BCUT2D eigenvalue weighted by Crippen LogP contribution is 2.30. The molecule has 39 heavy (non-hydrogen) atoms. The van der Waals surface area contributed by atoms with Crippen molar-refractivity contribution in [1.29, 1.82) is 0 Å². The van der Waals surface area contributed by atoms with E-state index in [1.807, 2.05) is 6.92 Å². The van der Waals surface area contributed by atoms with Crippen LogP contribution in [0.1, 0.15) is 11.1 Å². The number of barbiturate groups is 1. The van der Waals surface area contributed by atoms with Gasteiger partial charge in [-0.1, -0.05) is 66.2 Å². The predicted molar refractivity (Wildman–Crippen MR) is 147 cm³/mol. The minimum Gasteiger partial charge on any atom is -0.379 e. The van der Waals surface area contributed by atoms with Gasteiger partial charge in [-0.15, -0.1) is 0 Å². The smallest absolute Gasteiger partial charge is 0.343 e. The van der Waals surface area contributed by atoms with E-state index in [1.165, 1.54) is 42.5 Å². The van der Waals surface area contributed by atoms with Crippen molar-refractivity contribution in [3.8, 4) is 5.75 Å². The lowest BCUT2D eigenvalue weighted by Gasteiger charge is -2.33. The van der Waals surface area contributed by atoms with Gasteiger partial charge in [0.2, 0.25) is 0 Å². The van der Waals surface area contributed by atoms with E-state index in [9.17, 15) is 22.8 Å². The number of nitrogens with zero attached hydrogens (tertiary/aromatic N) is 2. The maximum Gasteiger partial charge on any atom is 0.343 e. The predicted octanol–water partition coefficient (Wildman–Crippen LogP) is 5.35. The second-order valence-electron chi connectivity index (χ2n) is 8.71. The van der Waals surface area contributed by atoms with Crippen molar-refractivity contribution in [2.45, 2.75) is 11.8 Å². The van der Waals surface area contributed by atoms with E-state index in [0.717, 1.165) is 15.4 Å². The molecule has 0 saturated carbocycles. The third-order valence-corrected chi connectivity index (χ3v) is 7.25. The molecule has 8 nitrogen and oxygen atoms in total. The van der Waals surface area contributed by atoms with Crippen LogP contribution in [-0.4, -0.2) is 26.3 Å². The quantitative estimate of drug-likeness (QED) is 0.186. The van der Waals surface area contributed by atoms with Crippen LogP contribution in [0.5, 0.6) is 5.75 Å². The molecule has 194 valence electrons. The van der Waals surface area contributed by atoms with Gasteiger partial charge in [-0.3, -0.25) is 9.59 Å². The lowest BCUT2D eigenvalue weighted by molar-refractivity contribution is -0.121. The van der Waals surface area contributed by atoms with Gasteiger partial charge in [0.05, 0.1) is 11.4 Å². The number of aryl methyl sites for hydroxylation is 1. The summed E-state index contributed by atoms with van der Waals surface area (Å²) in [6.07, 6.45) is 1.36. The molecule has 1 saturated heterocycles. The summed E-state index contributed by atoms with van der Waals surface area (Å²) in [4.78, 5) is 42.2. The molecule has 5 rings (SSSR count). The number of rotatable bonds is 6. The van der Waals surface area contributed by atoms with E-state index >= 15 is 0 Å². The fourth-order valence-corrected chi connectivity index (χ4v) is 4.94. The second kappa shape index (κ2) is 10.4. The topological polar surface area (TPSA) is 101 Å². The van der Waals surface area contributed by atoms with Crippen LogP contribution in [0.25, 0.3) is 6.08 Å². The van der Waals surface area contributed by atoms with Gasteiger partial charge < -0.3 is 4.18 Å². The minimum atomic E-state index is -4.04. The number of hydrogen-bond acceptors (Lipinski definition) is 6. The number of carbonyl (C=O) groups is 3. The highest BCUT2D eigenvalue weighted by molar-refractivity contribution is 7.87. The Kier molecular flexibility index (Phi) is 6.83. The molecule has 1 fully saturated rings. The fourth-order valence-electron chi connectivity index (χ4n) is 4.01. The van der Waals surface area contributed by atoms with E-state index in [1.54, 1.807) is 72.8 Å². The largest absolute Gasteiger partial charge is 0.379 e. The van der Waals surface area contributed by atoms with Crippen molar-refractivity contribution in [3.05, 3.63) is 126 Å². The number of amides is 4. The summed E-state index contributed by atoms with van der Waals surface area (Å²) in [6.45, 7) is 1.85. The van der Waals surface area contributed by atoms with Gasteiger partial charge >= 0.3 is 16.1 Å². The van der Waals surface area contributed by atoms with Gasteiger partial charge in [0, 0.05) is 0 Å². The molecule has 0 spiro atoms. The average molecular weight is 539 g/mol. The molecule has 4 amide bonds. The van der Waals surface area contributed by atoms with Gasteiger partial charge in [0.25, 0.3) is 11.8 Å². The molecule has 0 aliphatic carbocycles. The summed E-state index contributed by atoms with van der Waals surface area (Å²) in [5.74, 6) is -1.48. The lowest BCUT2D eigenvalue weighted by atomic mass is 10.0. The van der Waals surface area contributed by atoms with E-state index < -0.39 is 28.0 Å². The second-order valence-corrected chi connectivity index (χ2v) is 10.3. The number of carbonyl (C=O) groups excluding carboxylic acids is 3. The van der Waals surface area contributed by atoms with E-state index in [4.69, 9.17) is 4.18 Å². The van der Waals surface area contributed by atoms with Crippen molar-refractivity contribution < 1.29 is 27.0 Å². The van der Waals surface area contributed by atoms with Gasteiger partial charge in [-0.05, 0) is 67.1 Å². The Morgan fingerprint density at radius 1 is 0.641 bits per heavy atom. The highest BCUT2D eigenvalue weighted by Gasteiger charge is 2.43. The molecule has 9 heteroatoms. The van der Waals surface area contributed by atoms with Crippen molar-refractivity contribution in [1.82, 2.24) is 0 Å². The maximum atomic E-state index is 13.4. The van der Waals surface area contributed by atoms with Gasteiger partial charge in [0.1, 0.15) is 16.2 Å². The van der Waals surface area contributed by atoms with E-state index in [2.05, 4.69) is 0 Å². The third-order valence-electron chi connectivity index (χ3n) is 5.99. The Labute approximate surface area is 225 Å². The zero-order valence-corrected chi connectivity index (χ0v) is 21.5. The van der Waals surface area contributed by atoms with Crippen LogP contribution in [-0.2, 0) is 19.7 Å². The Morgan fingerprint density at radius 3 is 1.62 bits per heavy atom. The molecule has 0 atom stereocenters. The van der Waals surface area contributed by atoms with Crippen LogP contribution in [0.4, 0.5) is 16.2 Å². The Hall–Kier alpha value is -5.02. The maximum absolute atomic E-state index is 13.4. The fraction of sp³-hybridized carbons (Fsp3) is 0.0333. The Balaban J connectivity index is 1.48. The monoisotopic (exact) mass is 538 g/mol. The molecule has 4 aromatic carbocycles. The Bertz CT molecular complexity index is 1620. The first-order valence-corrected chi connectivity index (χ1v) is 13.3. The third kappa shape index (κ3) is 5.21. The summed E-state index contributed by atoms with van der Waals surface area (Å²) in [7, 11) is -4.04. The van der Waals surface area contributed by atoms with Crippen molar-refractivity contribution >= 4 is 45.4 Å². The van der Waals surface area contributed by atoms with Gasteiger partial charge in [-0.25, -0.2) is 14.6 Å². The number of para-hydroxylation sites is 2. The summed E-state index contributed by atoms with van der Waals surface area (Å²) in [5, 5.41) is 0. The minimum absolute atomic E-state index is 0.0179. The first-order valence-electron chi connectivity index (χ1n) is 11.9. The van der Waals surface area contributed by atoms with Gasteiger partial charge in [-0.2, -0.15) is 8.42 Å². The zero-order valence-electron chi connectivity index (χ0n) is 20.7. The standard InChI is InChI=1S/C30H22N2O6S/c1-21-12-18-26(19-13-21)39(36,37)38-25-16-14-22(15-17-25)20-27-28(33)31(23-8-4-2-5-9-23)30(35)32(29(27)34)24-10-6-3-7-11-24/h2-20H,1H3. The molecule has 0 radical (unpaired) electrons. The summed E-state index contributed by atoms with van der Waals surface area (Å²) < 4.78 is 30.4. The molecule has 1 aliphatic rings. The van der Waals surface area contributed by atoms with Crippen LogP contribution in [0.3, 0.4) is 0 Å². The van der Waals surface area contributed by atoms with E-state index in [0.29, 0.717) is 16.9 Å². The van der Waals surface area contributed by atoms with Gasteiger partial charge in [0.15, 0.2) is 0 Å². The van der Waals surface area contributed by atoms with Crippen LogP contribution in [0.15, 0.2) is 120 Å². The van der Waals surface area contributed by atoms with Crippen LogP contribution < -0.4 is 14.0 Å². The van der Waals surface area contributed by atoms with Crippen molar-refractivity contribution in [3.63, 3.8) is 0 Å². The first kappa shape index (κ1) is 25.6. The molecule has 0 unspecified atom stereocenters. The normalized spacial score (nSPS) is 14.0. The highest BCUT2D eigenvalue weighted by atomic mass is 32.2. The first-order chi connectivity index (χ1) is 18.7. The summed E-state index contributed by atoms with van der Waals surface area (Å²) in [6, 6.07) is 28.0. The van der Waals surface area contributed by atoms with E-state index in [-0.39, 0.29) is 16.2 Å². The molecule has 0 N–H and O–H groups in total. The van der Waals surface area contributed by atoms with Crippen LogP contribution >= 0.6 is 0 Å². The molecule has 1 heterocycles. The summed E-state index contributed by atoms with van der Waals surface area (Å²) in [5.41, 5.74) is 1.75. The number of urea groups is 1. The Morgan fingerprint density at radius 2 is 1.13 bits per heavy atom. The molecular weight excluding hydrogens is 516 g/mol. The number of benzene rings is 4. The lowest BCUT2D eigenvalue weighted by Crippen LogP contribution is -2.57. The SMILES string of the molecule is Cc1ccc(S(=O)(=O)Oc2ccc(C=C3C(=O)N(c4ccccc4)C(=O)N(c4ccccc4)C3=O)cc2)cc1.